The lowest BCUT2D eigenvalue weighted by Crippen LogP contribution is -2.32. The fourth-order valence-corrected chi connectivity index (χ4v) is 3.92. The van der Waals surface area contributed by atoms with E-state index in [0.717, 1.165) is 5.56 Å². The number of hydrogen-bond donors (Lipinski definition) is 0. The molecule has 0 fully saturated rings. The predicted octanol–water partition coefficient (Wildman–Crippen LogP) is 2.01. The molecule has 0 saturated carbocycles. The first-order chi connectivity index (χ1) is 9.54. The third-order valence-electron chi connectivity index (χ3n) is 2.85. The second kappa shape index (κ2) is 6.51. The standard InChI is InChI=1S/C13H16BrN3O2S/c1-16-11-13(9-15-16)20(18,19)17(8-7-14)10-12-5-3-2-4-6-12/h2-6,9,11H,7-8,10H2,1H3. The number of halogens is 1. The van der Waals surface area contributed by atoms with E-state index in [2.05, 4.69) is 21.0 Å². The van der Waals surface area contributed by atoms with Crippen LogP contribution in [0.4, 0.5) is 0 Å². The quantitative estimate of drug-likeness (QED) is 0.743. The van der Waals surface area contributed by atoms with Crippen molar-refractivity contribution in [1.82, 2.24) is 14.1 Å². The van der Waals surface area contributed by atoms with Crippen LogP contribution in [-0.2, 0) is 23.6 Å². The number of aryl methyl sites for hydroxylation is 1. The van der Waals surface area contributed by atoms with Crippen molar-refractivity contribution in [2.24, 2.45) is 7.05 Å². The molecule has 108 valence electrons. The van der Waals surface area contributed by atoms with Gasteiger partial charge in [0.25, 0.3) is 0 Å². The Labute approximate surface area is 127 Å². The van der Waals surface area contributed by atoms with Crippen LogP contribution in [0.15, 0.2) is 47.6 Å². The van der Waals surface area contributed by atoms with Gasteiger partial charge < -0.3 is 0 Å². The average molecular weight is 358 g/mol. The fraction of sp³-hybridized carbons (Fsp3) is 0.308. The van der Waals surface area contributed by atoms with Crippen molar-refractivity contribution in [3.05, 3.63) is 48.3 Å². The second-order valence-electron chi connectivity index (χ2n) is 4.36. The Kier molecular flexibility index (Phi) is 4.95. The normalized spacial score (nSPS) is 11.9. The van der Waals surface area contributed by atoms with Crippen LogP contribution in [0.2, 0.25) is 0 Å². The largest absolute Gasteiger partial charge is 0.274 e. The summed E-state index contributed by atoms with van der Waals surface area (Å²) in [4.78, 5) is 0.219. The van der Waals surface area contributed by atoms with Gasteiger partial charge in [-0.3, -0.25) is 4.68 Å². The van der Waals surface area contributed by atoms with E-state index >= 15 is 0 Å². The van der Waals surface area contributed by atoms with Crippen LogP contribution < -0.4 is 0 Å². The molecule has 0 amide bonds. The molecular weight excluding hydrogens is 342 g/mol. The highest BCUT2D eigenvalue weighted by Crippen LogP contribution is 2.17. The van der Waals surface area contributed by atoms with Crippen LogP contribution in [0.1, 0.15) is 5.56 Å². The smallest absolute Gasteiger partial charge is 0.246 e. The summed E-state index contributed by atoms with van der Waals surface area (Å²) in [6.07, 6.45) is 2.89. The third-order valence-corrected chi connectivity index (χ3v) is 5.01. The van der Waals surface area contributed by atoms with Crippen molar-refractivity contribution in [3.63, 3.8) is 0 Å². The summed E-state index contributed by atoms with van der Waals surface area (Å²) in [5.41, 5.74) is 0.959. The maximum Gasteiger partial charge on any atom is 0.246 e. The third kappa shape index (κ3) is 3.47. The molecule has 20 heavy (non-hydrogen) atoms. The number of rotatable bonds is 6. The molecule has 1 aromatic heterocycles. The molecule has 0 unspecified atom stereocenters. The minimum Gasteiger partial charge on any atom is -0.274 e. The first-order valence-corrected chi connectivity index (χ1v) is 8.69. The van der Waals surface area contributed by atoms with Gasteiger partial charge in [-0.05, 0) is 5.56 Å². The van der Waals surface area contributed by atoms with Crippen molar-refractivity contribution in [1.29, 1.82) is 0 Å². The van der Waals surface area contributed by atoms with Crippen LogP contribution in [0.3, 0.4) is 0 Å². The van der Waals surface area contributed by atoms with Gasteiger partial charge in [0.15, 0.2) is 0 Å². The molecule has 1 heterocycles. The summed E-state index contributed by atoms with van der Waals surface area (Å²) in [5, 5.41) is 4.51. The van der Waals surface area contributed by atoms with E-state index in [0.29, 0.717) is 18.4 Å². The summed E-state index contributed by atoms with van der Waals surface area (Å²) in [7, 11) is -1.82. The molecule has 0 bridgehead atoms. The van der Waals surface area contributed by atoms with Gasteiger partial charge in [0, 0.05) is 31.7 Å². The Balaban J connectivity index is 2.28. The van der Waals surface area contributed by atoms with Crippen molar-refractivity contribution in [2.75, 3.05) is 11.9 Å². The molecule has 2 aromatic rings. The van der Waals surface area contributed by atoms with Crippen LogP contribution in [0.25, 0.3) is 0 Å². The molecule has 0 aliphatic heterocycles. The van der Waals surface area contributed by atoms with E-state index in [1.54, 1.807) is 7.05 Å². The van der Waals surface area contributed by atoms with Gasteiger partial charge in [-0.2, -0.15) is 9.40 Å². The van der Waals surface area contributed by atoms with Gasteiger partial charge in [-0.25, -0.2) is 8.42 Å². The topological polar surface area (TPSA) is 55.2 Å². The summed E-state index contributed by atoms with van der Waals surface area (Å²) < 4.78 is 28.1. The van der Waals surface area contributed by atoms with Gasteiger partial charge in [-0.1, -0.05) is 46.3 Å². The van der Waals surface area contributed by atoms with Gasteiger partial charge in [0.2, 0.25) is 10.0 Å². The van der Waals surface area contributed by atoms with Gasteiger partial charge in [-0.15, -0.1) is 0 Å². The monoisotopic (exact) mass is 357 g/mol. The highest BCUT2D eigenvalue weighted by atomic mass is 79.9. The van der Waals surface area contributed by atoms with E-state index < -0.39 is 10.0 Å². The zero-order chi connectivity index (χ0) is 14.6. The predicted molar refractivity (Wildman–Crippen MR) is 81.0 cm³/mol. The van der Waals surface area contributed by atoms with E-state index in [1.165, 1.54) is 21.4 Å². The molecule has 0 radical (unpaired) electrons. The second-order valence-corrected chi connectivity index (χ2v) is 7.09. The lowest BCUT2D eigenvalue weighted by atomic mass is 10.2. The molecule has 0 aliphatic carbocycles. The zero-order valence-electron chi connectivity index (χ0n) is 11.1. The summed E-state index contributed by atoms with van der Waals surface area (Å²) >= 11 is 3.31. The molecule has 5 nitrogen and oxygen atoms in total. The van der Waals surface area contributed by atoms with Crippen LogP contribution in [0.5, 0.6) is 0 Å². The highest BCUT2D eigenvalue weighted by molar-refractivity contribution is 9.09. The molecule has 0 aliphatic rings. The number of hydrogen-bond acceptors (Lipinski definition) is 3. The Morgan fingerprint density at radius 2 is 2.00 bits per heavy atom. The minimum absolute atomic E-state index is 0.219. The number of aromatic nitrogens is 2. The van der Waals surface area contributed by atoms with E-state index in [-0.39, 0.29) is 4.90 Å². The molecule has 7 heteroatoms. The summed E-state index contributed by atoms with van der Waals surface area (Å²) in [6, 6.07) is 9.55. The van der Waals surface area contributed by atoms with E-state index in [9.17, 15) is 8.42 Å². The minimum atomic E-state index is -3.52. The first-order valence-electron chi connectivity index (χ1n) is 6.12. The number of benzene rings is 1. The molecular formula is C13H16BrN3O2S. The number of sulfonamides is 1. The highest BCUT2D eigenvalue weighted by Gasteiger charge is 2.25. The van der Waals surface area contributed by atoms with Crippen LogP contribution in [0, 0.1) is 0 Å². The lowest BCUT2D eigenvalue weighted by Gasteiger charge is -2.20. The van der Waals surface area contributed by atoms with Crippen molar-refractivity contribution in [3.8, 4) is 0 Å². The van der Waals surface area contributed by atoms with Gasteiger partial charge in [0.1, 0.15) is 4.90 Å². The molecule has 2 rings (SSSR count). The van der Waals surface area contributed by atoms with E-state index in [1.807, 2.05) is 30.3 Å². The van der Waals surface area contributed by atoms with Crippen molar-refractivity contribution in [2.45, 2.75) is 11.4 Å². The van der Waals surface area contributed by atoms with Gasteiger partial charge >= 0.3 is 0 Å². The van der Waals surface area contributed by atoms with E-state index in [4.69, 9.17) is 0 Å². The Morgan fingerprint density at radius 3 is 2.55 bits per heavy atom. The molecule has 0 spiro atoms. The fourth-order valence-electron chi connectivity index (χ4n) is 1.85. The maximum atomic E-state index is 12.6. The van der Waals surface area contributed by atoms with Crippen LogP contribution in [-0.4, -0.2) is 34.4 Å². The SMILES string of the molecule is Cn1cc(S(=O)(=O)N(CCBr)Cc2ccccc2)cn1. The average Bonchev–Trinajstić information content (AvgIpc) is 2.87. The molecule has 0 N–H and O–H groups in total. The maximum absolute atomic E-state index is 12.6. The van der Waals surface area contributed by atoms with Crippen LogP contribution >= 0.6 is 15.9 Å². The Bertz CT molecular complexity index is 655. The van der Waals surface area contributed by atoms with Crippen molar-refractivity contribution >= 4 is 26.0 Å². The lowest BCUT2D eigenvalue weighted by molar-refractivity contribution is 0.426. The first kappa shape index (κ1) is 15.2. The van der Waals surface area contributed by atoms with Crippen molar-refractivity contribution < 1.29 is 8.42 Å². The number of alkyl halides is 1. The Hall–Kier alpha value is -1.18. The van der Waals surface area contributed by atoms with Gasteiger partial charge in [0.05, 0.1) is 6.20 Å². The molecule has 1 aromatic carbocycles. The molecule has 0 saturated heterocycles. The zero-order valence-corrected chi connectivity index (χ0v) is 13.5. The number of nitrogens with zero attached hydrogens (tertiary/aromatic N) is 3. The summed E-state index contributed by atoms with van der Waals surface area (Å²) in [6.45, 7) is 0.760. The Morgan fingerprint density at radius 1 is 1.30 bits per heavy atom. The molecule has 0 atom stereocenters. The summed E-state index contributed by atoms with van der Waals surface area (Å²) in [5.74, 6) is 0.